The number of thiophene rings is 1. The third-order valence-electron chi connectivity index (χ3n) is 7.40. The first-order chi connectivity index (χ1) is 23.8. The molecule has 10 nitrogen and oxygen atoms in total. The molecule has 50 heavy (non-hydrogen) atoms. The fourth-order valence-corrected chi connectivity index (χ4v) is 8.05. The third kappa shape index (κ3) is 7.95. The number of nitrogens with one attached hydrogen (secondary N) is 1. The van der Waals surface area contributed by atoms with Crippen molar-refractivity contribution in [2.24, 2.45) is 0 Å². The van der Waals surface area contributed by atoms with Crippen molar-refractivity contribution in [1.29, 1.82) is 0 Å². The normalized spacial score (nSPS) is 11.1. The molecular weight excluding hydrogens is 723 g/mol. The van der Waals surface area contributed by atoms with E-state index in [-0.39, 0.29) is 47.6 Å². The Hall–Kier alpha value is -4.88. The summed E-state index contributed by atoms with van der Waals surface area (Å²) in [5.41, 5.74) is 1.97. The molecule has 1 amide bonds. The van der Waals surface area contributed by atoms with Crippen molar-refractivity contribution in [3.05, 3.63) is 127 Å². The van der Waals surface area contributed by atoms with Crippen LogP contribution in [0.1, 0.15) is 48.4 Å². The van der Waals surface area contributed by atoms with Crippen molar-refractivity contribution < 1.29 is 37.0 Å². The van der Waals surface area contributed by atoms with Crippen LogP contribution in [0.5, 0.6) is 17.2 Å². The molecule has 0 aliphatic carbocycles. The topological polar surface area (TPSA) is 128 Å². The van der Waals surface area contributed by atoms with Crippen LogP contribution in [0.4, 0.5) is 11.4 Å². The number of benzene rings is 4. The van der Waals surface area contributed by atoms with E-state index in [1.54, 1.807) is 55.5 Å². The van der Waals surface area contributed by atoms with Crippen LogP contribution in [-0.2, 0) is 10.0 Å². The highest BCUT2D eigenvalue weighted by molar-refractivity contribution is 7.93. The zero-order valence-corrected chi connectivity index (χ0v) is 30.3. The lowest BCUT2D eigenvalue weighted by Crippen LogP contribution is -2.28. The summed E-state index contributed by atoms with van der Waals surface area (Å²) in [6, 6.07) is 23.4. The molecule has 0 unspecified atom stereocenters. The number of amides is 1. The molecule has 0 radical (unpaired) electrons. The van der Waals surface area contributed by atoms with Gasteiger partial charge in [0.05, 0.1) is 29.3 Å². The minimum Gasteiger partial charge on any atom is -0.493 e. The molecule has 0 spiro atoms. The van der Waals surface area contributed by atoms with Gasteiger partial charge in [-0.3, -0.25) is 13.9 Å². The monoisotopic (exact) mass is 752 g/mol. The number of esters is 1. The lowest BCUT2D eigenvalue weighted by atomic mass is 9.99. The highest BCUT2D eigenvalue weighted by Crippen LogP contribution is 2.37. The van der Waals surface area contributed by atoms with E-state index in [4.69, 9.17) is 37.4 Å². The minimum atomic E-state index is -4.30. The van der Waals surface area contributed by atoms with Crippen LogP contribution < -0.4 is 23.8 Å². The van der Waals surface area contributed by atoms with E-state index in [1.165, 1.54) is 50.6 Å². The maximum absolute atomic E-state index is 13.8. The molecule has 5 rings (SSSR count). The first-order valence-corrected chi connectivity index (χ1v) is 18.0. The minimum absolute atomic E-state index is 0.0103. The molecule has 258 valence electrons. The Balaban J connectivity index is 1.35. The quantitative estimate of drug-likeness (QED) is 0.0766. The Labute approximate surface area is 303 Å². The molecule has 0 atom stereocenters. The van der Waals surface area contributed by atoms with Crippen molar-refractivity contribution in [3.63, 3.8) is 0 Å². The lowest BCUT2D eigenvalue weighted by Gasteiger charge is -2.21. The molecule has 1 aromatic heterocycles. The average Bonchev–Trinajstić information content (AvgIpc) is 3.51. The van der Waals surface area contributed by atoms with Crippen molar-refractivity contribution in [1.82, 2.24) is 0 Å². The molecule has 1 N–H and O–H groups in total. The first-order valence-electron chi connectivity index (χ1n) is 15.0. The second kappa shape index (κ2) is 15.3. The number of halogens is 2. The van der Waals surface area contributed by atoms with Gasteiger partial charge in [0.2, 0.25) is 0 Å². The highest BCUT2D eigenvalue weighted by atomic mass is 35.5. The Kier molecular flexibility index (Phi) is 11.2. The second-order valence-electron chi connectivity index (χ2n) is 10.7. The van der Waals surface area contributed by atoms with E-state index in [1.807, 2.05) is 13.0 Å². The highest BCUT2D eigenvalue weighted by Gasteiger charge is 2.31. The van der Waals surface area contributed by atoms with Crippen molar-refractivity contribution in [3.8, 4) is 17.2 Å². The van der Waals surface area contributed by atoms with Gasteiger partial charge in [-0.25, -0.2) is 13.2 Å². The van der Waals surface area contributed by atoms with Gasteiger partial charge in [-0.15, -0.1) is 11.3 Å². The number of methoxy groups -OCH3 is 1. The van der Waals surface area contributed by atoms with Gasteiger partial charge in [0, 0.05) is 35.0 Å². The number of carbonyl (C=O) groups is 3. The van der Waals surface area contributed by atoms with E-state index < -0.39 is 21.9 Å². The van der Waals surface area contributed by atoms with Crippen molar-refractivity contribution in [2.75, 3.05) is 30.4 Å². The number of aryl methyl sites for hydroxylation is 1. The number of nitrogens with zero attached hydrogens (tertiary/aromatic N) is 1. The number of anilines is 2. The summed E-state index contributed by atoms with van der Waals surface area (Å²) < 4.78 is 45.1. The van der Waals surface area contributed by atoms with E-state index in [0.29, 0.717) is 34.8 Å². The van der Waals surface area contributed by atoms with Gasteiger partial charge in [0.1, 0.15) is 15.5 Å². The van der Waals surface area contributed by atoms with Gasteiger partial charge in [0.15, 0.2) is 17.3 Å². The first kappa shape index (κ1) is 36.4. The van der Waals surface area contributed by atoms with Crippen LogP contribution in [0.25, 0.3) is 0 Å². The number of sulfonamides is 1. The van der Waals surface area contributed by atoms with Crippen molar-refractivity contribution >= 4 is 73.6 Å². The number of rotatable bonds is 12. The number of hydrogen-bond acceptors (Lipinski definition) is 9. The summed E-state index contributed by atoms with van der Waals surface area (Å²) >= 11 is 13.3. The smallest absolute Gasteiger partial charge is 0.343 e. The largest absolute Gasteiger partial charge is 0.493 e. The van der Waals surface area contributed by atoms with Gasteiger partial charge < -0.3 is 19.5 Å². The van der Waals surface area contributed by atoms with Crippen molar-refractivity contribution in [2.45, 2.75) is 18.7 Å². The Morgan fingerprint density at radius 2 is 1.62 bits per heavy atom. The maximum Gasteiger partial charge on any atom is 0.343 e. The summed E-state index contributed by atoms with van der Waals surface area (Å²) in [5.74, 6) is -0.778. The van der Waals surface area contributed by atoms with Gasteiger partial charge in [-0.1, -0.05) is 53.5 Å². The van der Waals surface area contributed by atoms with Gasteiger partial charge in [0.25, 0.3) is 15.9 Å². The maximum atomic E-state index is 13.8. The Bertz CT molecular complexity index is 2210. The van der Waals surface area contributed by atoms with Crippen LogP contribution in [0.2, 0.25) is 9.36 Å². The molecule has 5 aromatic rings. The molecule has 0 saturated carbocycles. The van der Waals surface area contributed by atoms with E-state index >= 15 is 0 Å². The zero-order chi connectivity index (χ0) is 36.2. The molecule has 1 heterocycles. The molecule has 0 aliphatic heterocycles. The average molecular weight is 754 g/mol. The van der Waals surface area contributed by atoms with Gasteiger partial charge in [-0.2, -0.15) is 0 Å². The van der Waals surface area contributed by atoms with Crippen LogP contribution in [0, 0.1) is 6.92 Å². The van der Waals surface area contributed by atoms with E-state index in [0.717, 1.165) is 15.6 Å². The molecule has 4 aromatic carbocycles. The van der Waals surface area contributed by atoms with E-state index in [9.17, 15) is 22.8 Å². The lowest BCUT2D eigenvalue weighted by molar-refractivity contribution is 0.0734. The molecule has 0 bridgehead atoms. The third-order valence-corrected chi connectivity index (χ3v) is 10.8. The summed E-state index contributed by atoms with van der Waals surface area (Å²) in [5, 5.41) is 2.72. The van der Waals surface area contributed by atoms with Crippen LogP contribution >= 0.6 is 34.5 Å². The fourth-order valence-electron chi connectivity index (χ4n) is 4.94. The number of ether oxygens (including phenoxy) is 3. The molecule has 14 heteroatoms. The van der Waals surface area contributed by atoms with Crippen LogP contribution in [0.15, 0.2) is 95.9 Å². The number of carbonyl (C=O) groups excluding carboxylic acids is 3. The molecule has 0 saturated heterocycles. The van der Waals surface area contributed by atoms with Crippen LogP contribution in [-0.4, -0.2) is 46.8 Å². The predicted octanol–water partition coefficient (Wildman–Crippen LogP) is 8.30. The Morgan fingerprint density at radius 3 is 2.30 bits per heavy atom. The summed E-state index contributed by atoms with van der Waals surface area (Å²) in [6.07, 6.45) is 0. The molecule has 0 fully saturated rings. The summed E-state index contributed by atoms with van der Waals surface area (Å²) in [4.78, 5) is 39.1. The van der Waals surface area contributed by atoms with E-state index in [2.05, 4.69) is 5.32 Å². The Morgan fingerprint density at radius 1 is 0.880 bits per heavy atom. The molecule has 0 aliphatic rings. The van der Waals surface area contributed by atoms with Crippen LogP contribution in [0.3, 0.4) is 0 Å². The SMILES string of the molecule is CCOc1ccc(N(C)S(=O)(=O)c2cc(Cl)sc2C(=O)Nc2cc(Cl)cc(C(=O)Oc3ccc(C(=O)c4ccccc4)c(C)c3)c2)cc1OC. The standard InChI is InChI=1S/C36H30Cl2N2O8S2/c1-5-47-29-14-11-26(19-30(29)46-4)40(3)50(44,45)31-20-32(38)49-34(31)35(42)39-25-17-23(16-24(37)18-25)36(43)48-27-12-13-28(21(2)15-27)33(41)22-9-7-6-8-10-22/h6-20H,5H2,1-4H3,(H,39,42). The number of ketones is 1. The summed E-state index contributed by atoms with van der Waals surface area (Å²) in [6.45, 7) is 3.93. The van der Waals surface area contributed by atoms with Gasteiger partial charge >= 0.3 is 5.97 Å². The number of hydrogen-bond donors (Lipinski definition) is 1. The zero-order valence-electron chi connectivity index (χ0n) is 27.2. The second-order valence-corrected chi connectivity index (χ2v) is 14.8. The molecular formula is C36H30Cl2N2O8S2. The summed E-state index contributed by atoms with van der Waals surface area (Å²) in [7, 11) is -1.53. The van der Waals surface area contributed by atoms with Gasteiger partial charge in [-0.05, 0) is 74.0 Å². The fraction of sp³-hybridized carbons (Fsp3) is 0.139. The predicted molar refractivity (Wildman–Crippen MR) is 194 cm³/mol.